The van der Waals surface area contributed by atoms with Gasteiger partial charge in [0.25, 0.3) is 11.5 Å². The average Bonchev–Trinajstić information content (AvgIpc) is 3.67. The standard InChI is InChI=1S/C30H32N8O3/c1-4-12-36-25(39)17-41-23-8-9-24(33-27(23)36)38-26-21(28(40)37(38)13-5-2)15-31-29(34-26)32-20-6-7-22-19(14-20)16-35(3)18-30(22)10-11-30/h5-9,14-15H,2,4,10-13,16-18H2,1,3H3,(H,31,32,34). The molecule has 3 aromatic heterocycles. The highest BCUT2D eigenvalue weighted by molar-refractivity contribution is 5.96. The quantitative estimate of drug-likeness (QED) is 0.347. The van der Waals surface area contributed by atoms with Crippen LogP contribution in [0.25, 0.3) is 16.9 Å². The minimum atomic E-state index is -0.254. The molecular weight excluding hydrogens is 520 g/mol. The van der Waals surface area contributed by atoms with Crippen LogP contribution in [0.2, 0.25) is 0 Å². The lowest BCUT2D eigenvalue weighted by molar-refractivity contribution is -0.121. The summed E-state index contributed by atoms with van der Waals surface area (Å²) in [7, 11) is 2.17. The third-order valence-electron chi connectivity index (χ3n) is 8.17. The summed E-state index contributed by atoms with van der Waals surface area (Å²) >= 11 is 0. The molecule has 1 fully saturated rings. The maximum atomic E-state index is 13.4. The van der Waals surface area contributed by atoms with Crippen LogP contribution in [0.3, 0.4) is 0 Å². The molecule has 3 aliphatic rings. The van der Waals surface area contributed by atoms with Crippen molar-refractivity contribution >= 4 is 34.4 Å². The summed E-state index contributed by atoms with van der Waals surface area (Å²) in [5.74, 6) is 1.62. The second-order valence-corrected chi connectivity index (χ2v) is 11.2. The van der Waals surface area contributed by atoms with E-state index in [1.165, 1.54) is 28.7 Å². The number of carbonyl (C=O) groups is 1. The molecule has 5 heterocycles. The molecule has 4 aromatic rings. The van der Waals surface area contributed by atoms with E-state index < -0.39 is 0 Å². The van der Waals surface area contributed by atoms with E-state index in [1.807, 2.05) is 6.92 Å². The van der Waals surface area contributed by atoms with E-state index in [0.717, 1.165) is 25.2 Å². The van der Waals surface area contributed by atoms with E-state index in [1.54, 1.807) is 34.0 Å². The van der Waals surface area contributed by atoms with Crippen molar-refractivity contribution in [1.29, 1.82) is 0 Å². The highest BCUT2D eigenvalue weighted by Gasteiger charge is 2.48. The zero-order chi connectivity index (χ0) is 28.3. The summed E-state index contributed by atoms with van der Waals surface area (Å²) in [6.07, 6.45) is 6.44. The fourth-order valence-corrected chi connectivity index (χ4v) is 6.22. The number of likely N-dealkylation sites (N-methyl/N-ethyl adjacent to an activating group) is 1. The molecule has 11 heteroatoms. The van der Waals surface area contributed by atoms with Gasteiger partial charge in [0, 0.05) is 36.9 Å². The van der Waals surface area contributed by atoms with E-state index in [9.17, 15) is 9.59 Å². The van der Waals surface area contributed by atoms with Crippen LogP contribution in [-0.2, 0) is 23.3 Å². The number of ether oxygens (including phenoxy) is 1. The average molecular weight is 553 g/mol. The van der Waals surface area contributed by atoms with Crippen LogP contribution in [0.4, 0.5) is 17.5 Å². The van der Waals surface area contributed by atoms with Crippen molar-refractivity contribution in [3.63, 3.8) is 0 Å². The van der Waals surface area contributed by atoms with Gasteiger partial charge >= 0.3 is 0 Å². The fraction of sp³-hybridized carbons (Fsp3) is 0.367. The molecule has 41 heavy (non-hydrogen) atoms. The number of nitrogens with one attached hydrogen (secondary N) is 1. The Morgan fingerprint density at radius 2 is 2.02 bits per heavy atom. The third-order valence-corrected chi connectivity index (χ3v) is 8.17. The van der Waals surface area contributed by atoms with Gasteiger partial charge < -0.3 is 15.0 Å². The predicted molar refractivity (Wildman–Crippen MR) is 156 cm³/mol. The molecule has 0 bridgehead atoms. The molecule has 1 amide bonds. The first-order chi connectivity index (χ1) is 19.9. The highest BCUT2D eigenvalue weighted by Crippen LogP contribution is 2.52. The molecular formula is C30H32N8O3. The number of anilines is 3. The monoisotopic (exact) mass is 552 g/mol. The Labute approximate surface area is 237 Å². The number of carbonyl (C=O) groups excluding carboxylic acids is 1. The number of nitrogens with zero attached hydrogens (tertiary/aromatic N) is 7. The molecule has 1 N–H and O–H groups in total. The van der Waals surface area contributed by atoms with Crippen molar-refractivity contribution < 1.29 is 9.53 Å². The fourth-order valence-electron chi connectivity index (χ4n) is 6.22. The van der Waals surface area contributed by atoms with Crippen LogP contribution >= 0.6 is 0 Å². The summed E-state index contributed by atoms with van der Waals surface area (Å²) in [6.45, 7) is 8.58. The largest absolute Gasteiger partial charge is 0.480 e. The van der Waals surface area contributed by atoms with E-state index >= 15 is 0 Å². The Kier molecular flexibility index (Phi) is 5.93. The predicted octanol–water partition coefficient (Wildman–Crippen LogP) is 3.52. The van der Waals surface area contributed by atoms with E-state index in [2.05, 4.69) is 47.0 Å². The van der Waals surface area contributed by atoms with Gasteiger partial charge in [-0.1, -0.05) is 19.1 Å². The third kappa shape index (κ3) is 4.19. The first-order valence-corrected chi connectivity index (χ1v) is 14.0. The number of allylic oxidation sites excluding steroid dienone is 1. The zero-order valence-corrected chi connectivity index (χ0v) is 23.3. The number of aromatic nitrogens is 5. The van der Waals surface area contributed by atoms with Crippen molar-refractivity contribution in [3.8, 4) is 11.6 Å². The highest BCUT2D eigenvalue weighted by atomic mass is 16.5. The van der Waals surface area contributed by atoms with Crippen LogP contribution in [-0.4, -0.2) is 61.9 Å². The summed E-state index contributed by atoms with van der Waals surface area (Å²) in [4.78, 5) is 44.1. The molecule has 7 rings (SSSR count). The van der Waals surface area contributed by atoms with Gasteiger partial charge in [-0.15, -0.1) is 6.58 Å². The molecule has 0 unspecified atom stereocenters. The Bertz CT molecular complexity index is 1770. The van der Waals surface area contributed by atoms with Crippen molar-refractivity contribution in [3.05, 3.63) is 70.7 Å². The molecule has 1 aliphatic carbocycles. The Balaban J connectivity index is 1.30. The maximum Gasteiger partial charge on any atom is 0.278 e. The summed E-state index contributed by atoms with van der Waals surface area (Å²) in [5.41, 5.74) is 4.13. The van der Waals surface area contributed by atoms with Gasteiger partial charge in [-0.05, 0) is 61.7 Å². The van der Waals surface area contributed by atoms with E-state index in [-0.39, 0.29) is 24.6 Å². The zero-order valence-electron chi connectivity index (χ0n) is 23.3. The van der Waals surface area contributed by atoms with Gasteiger partial charge in [0.15, 0.2) is 29.6 Å². The second kappa shape index (κ2) is 9.55. The summed E-state index contributed by atoms with van der Waals surface area (Å²) in [5, 5.41) is 3.71. The molecule has 0 atom stereocenters. The van der Waals surface area contributed by atoms with Gasteiger partial charge in [-0.2, -0.15) is 4.98 Å². The van der Waals surface area contributed by atoms with Crippen LogP contribution < -0.4 is 20.5 Å². The van der Waals surface area contributed by atoms with Crippen molar-refractivity contribution in [2.24, 2.45) is 0 Å². The molecule has 1 aromatic carbocycles. The number of pyridine rings is 1. The van der Waals surface area contributed by atoms with E-state index in [0.29, 0.717) is 46.3 Å². The van der Waals surface area contributed by atoms with Crippen LogP contribution in [0, 0.1) is 0 Å². The summed E-state index contributed by atoms with van der Waals surface area (Å²) in [6, 6.07) is 10.0. The number of amides is 1. The number of fused-ring (bicyclic) bond motifs is 4. The minimum Gasteiger partial charge on any atom is -0.480 e. The van der Waals surface area contributed by atoms with Crippen molar-refractivity contribution in [2.45, 2.75) is 44.7 Å². The molecule has 0 radical (unpaired) electrons. The summed E-state index contributed by atoms with van der Waals surface area (Å²) < 4.78 is 8.81. The van der Waals surface area contributed by atoms with Crippen LogP contribution in [0.1, 0.15) is 37.3 Å². The maximum absolute atomic E-state index is 13.4. The normalized spacial score (nSPS) is 17.3. The molecule has 210 valence electrons. The SMILES string of the molecule is C=CCn1c(=O)c2cnc(Nc3ccc4c(c3)CN(C)CC43CC3)nc2n1-c1ccc2c(n1)N(CCC)C(=O)CO2. The first-order valence-electron chi connectivity index (χ1n) is 14.0. The van der Waals surface area contributed by atoms with Gasteiger partial charge in [0.2, 0.25) is 5.95 Å². The smallest absolute Gasteiger partial charge is 0.278 e. The van der Waals surface area contributed by atoms with Gasteiger partial charge in [-0.25, -0.2) is 19.3 Å². The molecule has 1 saturated carbocycles. The van der Waals surface area contributed by atoms with Gasteiger partial charge in [0.1, 0.15) is 5.39 Å². The lowest BCUT2D eigenvalue weighted by atomic mass is 9.87. The van der Waals surface area contributed by atoms with Crippen LogP contribution in [0.5, 0.6) is 5.75 Å². The lowest BCUT2D eigenvalue weighted by Gasteiger charge is -2.32. The minimum absolute atomic E-state index is 0.0239. The molecule has 1 spiro atoms. The number of hydrogen-bond donors (Lipinski definition) is 1. The Hall–Kier alpha value is -4.51. The first kappa shape index (κ1) is 25.5. The van der Waals surface area contributed by atoms with Crippen molar-refractivity contribution in [1.82, 2.24) is 29.2 Å². The number of benzene rings is 1. The number of hydrogen-bond acceptors (Lipinski definition) is 8. The Morgan fingerprint density at radius 3 is 2.80 bits per heavy atom. The second-order valence-electron chi connectivity index (χ2n) is 11.2. The van der Waals surface area contributed by atoms with Crippen molar-refractivity contribution in [2.75, 3.05) is 37.0 Å². The molecule has 0 saturated heterocycles. The molecule has 2 aliphatic heterocycles. The van der Waals surface area contributed by atoms with E-state index in [4.69, 9.17) is 14.7 Å². The van der Waals surface area contributed by atoms with Crippen LogP contribution in [0.15, 0.2) is 54.0 Å². The Morgan fingerprint density at radius 1 is 1.17 bits per heavy atom. The molecule has 11 nitrogen and oxygen atoms in total. The lowest BCUT2D eigenvalue weighted by Crippen LogP contribution is -2.40. The number of rotatable bonds is 7. The topological polar surface area (TPSA) is 110 Å². The van der Waals surface area contributed by atoms with Gasteiger partial charge in [0.05, 0.1) is 6.54 Å². The van der Waals surface area contributed by atoms with Gasteiger partial charge in [-0.3, -0.25) is 14.5 Å².